The molecule has 0 fully saturated rings. The van der Waals surface area contributed by atoms with Crippen molar-refractivity contribution >= 4 is 5.97 Å². The van der Waals surface area contributed by atoms with Gasteiger partial charge in [-0.15, -0.1) is 0 Å². The van der Waals surface area contributed by atoms with Crippen LogP contribution in [-0.2, 0) is 9.53 Å². The van der Waals surface area contributed by atoms with Crippen LogP contribution in [0.5, 0.6) is 0 Å². The number of ether oxygens (including phenoxy) is 1. The molecule has 2 aliphatic rings. The quantitative estimate of drug-likeness (QED) is 0.698. The number of nitrogens with two attached hydrogens (primary N) is 1. The molecule has 2 rings (SSSR count). The molecule has 1 heterocycles. The summed E-state index contributed by atoms with van der Waals surface area (Å²) in [5.74, 6) is -0.0700. The zero-order chi connectivity index (χ0) is 13.1. The fourth-order valence-corrected chi connectivity index (χ4v) is 2.16. The summed E-state index contributed by atoms with van der Waals surface area (Å²) in [4.78, 5) is 10.9. The van der Waals surface area contributed by atoms with E-state index in [1.807, 2.05) is 6.08 Å². The molecule has 0 bridgehead atoms. The van der Waals surface area contributed by atoms with Crippen LogP contribution in [0.1, 0.15) is 19.8 Å². The van der Waals surface area contributed by atoms with Crippen LogP contribution in [0.2, 0.25) is 0 Å². The molecule has 18 heavy (non-hydrogen) atoms. The maximum atomic E-state index is 10.9. The minimum Gasteiger partial charge on any atom is -0.490 e. The van der Waals surface area contributed by atoms with E-state index in [0.717, 1.165) is 18.5 Å². The highest BCUT2D eigenvalue weighted by molar-refractivity contribution is 5.76. The minimum atomic E-state index is -0.915. The van der Waals surface area contributed by atoms with Crippen molar-refractivity contribution in [2.45, 2.75) is 31.9 Å². The number of aliphatic carboxylic acids is 1. The van der Waals surface area contributed by atoms with E-state index in [4.69, 9.17) is 15.6 Å². The average Bonchev–Trinajstić information content (AvgIpc) is 2.33. The molecular weight excluding hydrogens is 232 g/mol. The number of dihydropyridines is 1. The van der Waals surface area contributed by atoms with Gasteiger partial charge in [-0.05, 0) is 25.0 Å². The Labute approximate surface area is 106 Å². The zero-order valence-electron chi connectivity index (χ0n) is 10.3. The number of carboxylic acid groups (broad SMARTS) is 1. The van der Waals surface area contributed by atoms with Gasteiger partial charge in [-0.25, -0.2) is 4.79 Å². The molecule has 1 aliphatic heterocycles. The summed E-state index contributed by atoms with van der Waals surface area (Å²) in [6.07, 6.45) is 8.68. The van der Waals surface area contributed by atoms with Gasteiger partial charge in [0.1, 0.15) is 17.9 Å². The smallest absolute Gasteiger partial charge is 0.330 e. The first-order chi connectivity index (χ1) is 8.56. The second kappa shape index (κ2) is 5.16. The second-order valence-electron chi connectivity index (χ2n) is 4.68. The molecule has 4 N–H and O–H groups in total. The molecular formula is C13H18N2O3. The summed E-state index contributed by atoms with van der Waals surface area (Å²) in [5.41, 5.74) is 6.67. The molecule has 0 saturated heterocycles. The number of nitrogens with one attached hydrogen (secondary N) is 1. The molecule has 98 valence electrons. The molecule has 0 radical (unpaired) electrons. The van der Waals surface area contributed by atoms with Crippen LogP contribution in [-0.4, -0.2) is 23.2 Å². The van der Waals surface area contributed by atoms with Gasteiger partial charge in [0, 0.05) is 17.8 Å². The van der Waals surface area contributed by atoms with Crippen LogP contribution < -0.4 is 11.1 Å². The predicted molar refractivity (Wildman–Crippen MR) is 67.3 cm³/mol. The number of allylic oxidation sites excluding steroid dienone is 2. The van der Waals surface area contributed by atoms with E-state index in [1.54, 1.807) is 18.4 Å². The molecule has 5 nitrogen and oxygen atoms in total. The SMILES string of the molecule is CC1C=C(N)CCC1OC1=CC(C(=O)O)NC=C1. The Kier molecular flexibility index (Phi) is 3.60. The van der Waals surface area contributed by atoms with Gasteiger partial charge in [-0.3, -0.25) is 0 Å². The van der Waals surface area contributed by atoms with E-state index in [-0.39, 0.29) is 12.0 Å². The molecule has 0 amide bonds. The normalized spacial score (nSPS) is 31.1. The van der Waals surface area contributed by atoms with Crippen molar-refractivity contribution in [3.8, 4) is 0 Å². The van der Waals surface area contributed by atoms with Gasteiger partial charge in [0.05, 0.1) is 0 Å². The fourth-order valence-electron chi connectivity index (χ4n) is 2.16. The lowest BCUT2D eigenvalue weighted by Gasteiger charge is -2.29. The van der Waals surface area contributed by atoms with Gasteiger partial charge in [0.25, 0.3) is 0 Å². The van der Waals surface area contributed by atoms with Crippen molar-refractivity contribution in [3.05, 3.63) is 35.9 Å². The Morgan fingerprint density at radius 2 is 2.33 bits per heavy atom. The Bertz CT molecular complexity index is 426. The van der Waals surface area contributed by atoms with E-state index in [0.29, 0.717) is 5.76 Å². The Morgan fingerprint density at radius 1 is 1.56 bits per heavy atom. The van der Waals surface area contributed by atoms with Crippen molar-refractivity contribution in [3.63, 3.8) is 0 Å². The highest BCUT2D eigenvalue weighted by Gasteiger charge is 2.24. The summed E-state index contributed by atoms with van der Waals surface area (Å²) in [6, 6.07) is -0.718. The average molecular weight is 250 g/mol. The minimum absolute atomic E-state index is 0.0562. The molecule has 3 unspecified atom stereocenters. The molecule has 0 aromatic heterocycles. The van der Waals surface area contributed by atoms with Gasteiger partial charge in [-0.2, -0.15) is 0 Å². The van der Waals surface area contributed by atoms with Crippen molar-refractivity contribution in [1.82, 2.24) is 5.32 Å². The van der Waals surface area contributed by atoms with Gasteiger partial charge in [0.15, 0.2) is 0 Å². The second-order valence-corrected chi connectivity index (χ2v) is 4.68. The lowest BCUT2D eigenvalue weighted by molar-refractivity contribution is -0.138. The van der Waals surface area contributed by atoms with Crippen LogP contribution in [0.3, 0.4) is 0 Å². The summed E-state index contributed by atoms with van der Waals surface area (Å²) in [7, 11) is 0. The van der Waals surface area contributed by atoms with Gasteiger partial charge in [-0.1, -0.05) is 13.0 Å². The van der Waals surface area contributed by atoms with Gasteiger partial charge >= 0.3 is 5.97 Å². The van der Waals surface area contributed by atoms with Crippen LogP contribution in [0.4, 0.5) is 0 Å². The van der Waals surface area contributed by atoms with E-state index in [9.17, 15) is 4.79 Å². The van der Waals surface area contributed by atoms with Crippen LogP contribution in [0.15, 0.2) is 35.9 Å². The first kappa shape index (κ1) is 12.5. The number of carbonyl (C=O) groups is 1. The molecule has 5 heteroatoms. The number of hydrogen-bond donors (Lipinski definition) is 3. The summed E-state index contributed by atoms with van der Waals surface area (Å²) in [5, 5.41) is 11.7. The fraction of sp³-hybridized carbons (Fsp3) is 0.462. The number of hydrogen-bond acceptors (Lipinski definition) is 4. The molecule has 0 aromatic carbocycles. The molecule has 1 aliphatic carbocycles. The molecule has 0 saturated carbocycles. The van der Waals surface area contributed by atoms with E-state index >= 15 is 0 Å². The maximum Gasteiger partial charge on any atom is 0.330 e. The Morgan fingerprint density at radius 3 is 3.00 bits per heavy atom. The largest absolute Gasteiger partial charge is 0.490 e. The third-order valence-electron chi connectivity index (χ3n) is 3.19. The summed E-state index contributed by atoms with van der Waals surface area (Å²) >= 11 is 0. The van der Waals surface area contributed by atoms with Crippen molar-refractivity contribution in [2.75, 3.05) is 0 Å². The first-order valence-electron chi connectivity index (χ1n) is 6.06. The Balaban J connectivity index is 2.01. The van der Waals surface area contributed by atoms with Gasteiger partial charge < -0.3 is 20.9 Å². The maximum absolute atomic E-state index is 10.9. The third kappa shape index (κ3) is 2.85. The van der Waals surface area contributed by atoms with Crippen LogP contribution >= 0.6 is 0 Å². The summed E-state index contributed by atoms with van der Waals surface area (Å²) < 4.78 is 5.84. The first-order valence-corrected chi connectivity index (χ1v) is 6.06. The zero-order valence-corrected chi connectivity index (χ0v) is 10.3. The van der Waals surface area contributed by atoms with E-state index < -0.39 is 12.0 Å². The molecule has 0 aromatic rings. The van der Waals surface area contributed by atoms with Crippen molar-refractivity contribution in [1.29, 1.82) is 0 Å². The highest BCUT2D eigenvalue weighted by Crippen LogP contribution is 2.26. The number of rotatable bonds is 3. The van der Waals surface area contributed by atoms with Crippen molar-refractivity contribution < 1.29 is 14.6 Å². The monoisotopic (exact) mass is 250 g/mol. The predicted octanol–water partition coefficient (Wildman–Crippen LogP) is 1.10. The van der Waals surface area contributed by atoms with Crippen LogP contribution in [0.25, 0.3) is 0 Å². The van der Waals surface area contributed by atoms with Crippen molar-refractivity contribution in [2.24, 2.45) is 11.7 Å². The Hall–Kier alpha value is -1.91. The third-order valence-corrected chi connectivity index (χ3v) is 3.19. The van der Waals surface area contributed by atoms with E-state index in [2.05, 4.69) is 12.2 Å². The highest BCUT2D eigenvalue weighted by atomic mass is 16.5. The lowest BCUT2D eigenvalue weighted by atomic mass is 9.92. The summed E-state index contributed by atoms with van der Waals surface area (Å²) in [6.45, 7) is 2.05. The molecule has 0 spiro atoms. The topological polar surface area (TPSA) is 84.6 Å². The van der Waals surface area contributed by atoms with Gasteiger partial charge in [0.2, 0.25) is 0 Å². The lowest BCUT2D eigenvalue weighted by Crippen LogP contribution is -2.34. The number of carboxylic acids is 1. The van der Waals surface area contributed by atoms with Crippen LogP contribution in [0, 0.1) is 5.92 Å². The molecule has 3 atom stereocenters. The standard InChI is InChI=1S/C13H18N2O3/c1-8-6-9(14)2-3-12(8)18-10-4-5-15-11(7-10)13(16)17/h4-8,11-12,15H,2-3,14H2,1H3,(H,16,17). The van der Waals surface area contributed by atoms with E-state index in [1.165, 1.54) is 0 Å².